The predicted molar refractivity (Wildman–Crippen MR) is 101 cm³/mol. The lowest BCUT2D eigenvalue weighted by atomic mass is 10.1. The van der Waals surface area contributed by atoms with Crippen LogP contribution in [0, 0.1) is 0 Å². The van der Waals surface area contributed by atoms with E-state index in [0.717, 1.165) is 35.2 Å². The number of nitrogens with one attached hydrogen (secondary N) is 1. The lowest BCUT2D eigenvalue weighted by molar-refractivity contribution is -0.117. The molecule has 0 bridgehead atoms. The molecule has 3 aromatic rings. The molecule has 7 nitrogen and oxygen atoms in total. The number of hydrogen-bond donors (Lipinski definition) is 1. The molecule has 7 heteroatoms. The lowest BCUT2D eigenvalue weighted by Crippen LogP contribution is -2.36. The quantitative estimate of drug-likeness (QED) is 0.782. The molecule has 0 atom stereocenters. The number of aromatic nitrogens is 4. The van der Waals surface area contributed by atoms with Crippen LogP contribution >= 0.6 is 0 Å². The molecule has 134 valence electrons. The molecule has 0 aliphatic carbocycles. The fourth-order valence-electron chi connectivity index (χ4n) is 3.35. The monoisotopic (exact) mass is 350 g/mol. The highest BCUT2D eigenvalue weighted by atomic mass is 16.2. The Labute approximate surface area is 152 Å². The molecule has 0 unspecified atom stereocenters. The number of nitrogens with zero attached hydrogens (tertiary/aromatic N) is 5. The van der Waals surface area contributed by atoms with Crippen molar-refractivity contribution in [3.63, 3.8) is 0 Å². The standard InChI is InChI=1S/C19H22N6O/c1-24-13-20-11-17(24)16-7-14-8-18(22-10-15(14)9-21-16)23-19(26)12-25-5-3-2-4-6-25/h7-11,13H,2-6,12H2,1H3,(H,22,23,26). The Morgan fingerprint density at radius 2 is 1.88 bits per heavy atom. The van der Waals surface area contributed by atoms with Crippen molar-refractivity contribution >= 4 is 22.5 Å². The highest BCUT2D eigenvalue weighted by Crippen LogP contribution is 2.22. The smallest absolute Gasteiger partial charge is 0.239 e. The number of rotatable bonds is 4. The summed E-state index contributed by atoms with van der Waals surface area (Å²) in [5.74, 6) is 0.557. The maximum absolute atomic E-state index is 12.3. The molecule has 0 saturated carbocycles. The third kappa shape index (κ3) is 3.57. The van der Waals surface area contributed by atoms with Gasteiger partial charge in [-0.05, 0) is 43.5 Å². The van der Waals surface area contributed by atoms with Crippen LogP contribution in [0.2, 0.25) is 0 Å². The van der Waals surface area contributed by atoms with Crippen molar-refractivity contribution in [3.05, 3.63) is 37.1 Å². The molecule has 1 aliphatic rings. The second-order valence-electron chi connectivity index (χ2n) is 6.76. The summed E-state index contributed by atoms with van der Waals surface area (Å²) in [6.45, 7) is 2.42. The maximum atomic E-state index is 12.3. The number of aryl methyl sites for hydroxylation is 1. The molecule has 0 spiro atoms. The molecule has 1 fully saturated rings. The molecular weight excluding hydrogens is 328 g/mol. The Balaban J connectivity index is 1.52. The first-order valence-corrected chi connectivity index (χ1v) is 8.94. The van der Waals surface area contributed by atoms with Crippen LogP contribution in [0.1, 0.15) is 19.3 Å². The number of hydrogen-bond acceptors (Lipinski definition) is 5. The summed E-state index contributed by atoms with van der Waals surface area (Å²) < 4.78 is 1.93. The average Bonchev–Trinajstić information content (AvgIpc) is 3.08. The van der Waals surface area contributed by atoms with E-state index in [1.807, 2.05) is 23.7 Å². The molecule has 0 radical (unpaired) electrons. The van der Waals surface area contributed by atoms with Gasteiger partial charge in [0.15, 0.2) is 0 Å². The first-order valence-electron chi connectivity index (χ1n) is 8.94. The van der Waals surface area contributed by atoms with Gasteiger partial charge in [-0.15, -0.1) is 0 Å². The molecule has 4 heterocycles. The third-order valence-corrected chi connectivity index (χ3v) is 4.77. The van der Waals surface area contributed by atoms with Gasteiger partial charge in [0.25, 0.3) is 0 Å². The summed E-state index contributed by atoms with van der Waals surface area (Å²) in [6, 6.07) is 3.89. The summed E-state index contributed by atoms with van der Waals surface area (Å²) in [4.78, 5) is 27.5. The molecule has 1 aliphatic heterocycles. The highest BCUT2D eigenvalue weighted by molar-refractivity contribution is 5.94. The molecule has 1 N–H and O–H groups in total. The van der Waals surface area contributed by atoms with Gasteiger partial charge < -0.3 is 9.88 Å². The number of likely N-dealkylation sites (tertiary alicyclic amines) is 1. The number of imidazole rings is 1. The van der Waals surface area contributed by atoms with Gasteiger partial charge in [0, 0.05) is 24.8 Å². The average molecular weight is 350 g/mol. The summed E-state index contributed by atoms with van der Waals surface area (Å²) in [5, 5.41) is 4.84. The Hall–Kier alpha value is -2.80. The minimum atomic E-state index is -0.0142. The molecular formula is C19H22N6O. The van der Waals surface area contributed by atoms with Gasteiger partial charge in [0.2, 0.25) is 5.91 Å². The van der Waals surface area contributed by atoms with Crippen LogP contribution in [0.25, 0.3) is 22.2 Å². The summed E-state index contributed by atoms with van der Waals surface area (Å²) in [5.41, 5.74) is 1.79. The van der Waals surface area contributed by atoms with E-state index in [1.165, 1.54) is 19.3 Å². The van der Waals surface area contributed by atoms with Gasteiger partial charge in [0.1, 0.15) is 5.82 Å². The van der Waals surface area contributed by atoms with Crippen LogP contribution in [-0.4, -0.2) is 50.0 Å². The number of amides is 1. The Morgan fingerprint density at radius 1 is 1.08 bits per heavy atom. The fourth-order valence-corrected chi connectivity index (χ4v) is 3.35. The summed E-state index contributed by atoms with van der Waals surface area (Å²) in [7, 11) is 1.94. The van der Waals surface area contributed by atoms with Crippen molar-refractivity contribution in [1.29, 1.82) is 0 Å². The predicted octanol–water partition coefficient (Wildman–Crippen LogP) is 2.45. The second kappa shape index (κ2) is 7.21. The Morgan fingerprint density at radius 3 is 2.65 bits per heavy atom. The van der Waals surface area contributed by atoms with Crippen LogP contribution in [0.4, 0.5) is 5.82 Å². The lowest BCUT2D eigenvalue weighted by Gasteiger charge is -2.25. The summed E-state index contributed by atoms with van der Waals surface area (Å²) in [6.07, 6.45) is 10.7. The number of carbonyl (C=O) groups excluding carboxylic acids is 1. The maximum Gasteiger partial charge on any atom is 0.239 e. The van der Waals surface area contributed by atoms with Crippen molar-refractivity contribution < 1.29 is 4.79 Å². The second-order valence-corrected chi connectivity index (χ2v) is 6.76. The van der Waals surface area contributed by atoms with Gasteiger partial charge in [-0.1, -0.05) is 6.42 Å². The van der Waals surface area contributed by atoms with Gasteiger partial charge in [-0.2, -0.15) is 0 Å². The zero-order valence-corrected chi connectivity index (χ0v) is 14.9. The largest absolute Gasteiger partial charge is 0.332 e. The van der Waals surface area contributed by atoms with Gasteiger partial charge in [0.05, 0.1) is 30.5 Å². The minimum Gasteiger partial charge on any atom is -0.332 e. The number of fused-ring (bicyclic) bond motifs is 1. The van der Waals surface area contributed by atoms with Crippen molar-refractivity contribution in [2.75, 3.05) is 25.0 Å². The molecule has 26 heavy (non-hydrogen) atoms. The van der Waals surface area contributed by atoms with Gasteiger partial charge in [-0.3, -0.25) is 14.7 Å². The first-order chi connectivity index (χ1) is 12.7. The van der Waals surface area contributed by atoms with Crippen LogP contribution in [0.3, 0.4) is 0 Å². The van der Waals surface area contributed by atoms with E-state index in [1.54, 1.807) is 24.9 Å². The van der Waals surface area contributed by atoms with E-state index >= 15 is 0 Å². The van der Waals surface area contributed by atoms with Crippen molar-refractivity contribution in [2.45, 2.75) is 19.3 Å². The number of anilines is 1. The van der Waals surface area contributed by atoms with E-state index in [0.29, 0.717) is 12.4 Å². The number of carbonyl (C=O) groups is 1. The van der Waals surface area contributed by atoms with Crippen LogP contribution in [-0.2, 0) is 11.8 Å². The molecule has 0 aromatic carbocycles. The highest BCUT2D eigenvalue weighted by Gasteiger charge is 2.14. The van der Waals surface area contributed by atoms with Crippen molar-refractivity contribution in [2.24, 2.45) is 7.05 Å². The molecule has 4 rings (SSSR count). The van der Waals surface area contributed by atoms with Crippen LogP contribution in [0.5, 0.6) is 0 Å². The molecule has 1 saturated heterocycles. The first kappa shape index (κ1) is 16.7. The van der Waals surface area contributed by atoms with Crippen LogP contribution in [0.15, 0.2) is 37.1 Å². The van der Waals surface area contributed by atoms with Crippen LogP contribution < -0.4 is 5.32 Å². The summed E-state index contributed by atoms with van der Waals surface area (Å²) >= 11 is 0. The SMILES string of the molecule is Cn1cncc1-c1cc2cc(NC(=O)CN3CCCCC3)ncc2cn1. The minimum absolute atomic E-state index is 0.0142. The van der Waals surface area contributed by atoms with E-state index < -0.39 is 0 Å². The topological polar surface area (TPSA) is 75.9 Å². The van der Waals surface area contributed by atoms with Gasteiger partial charge >= 0.3 is 0 Å². The van der Waals surface area contributed by atoms with E-state index in [-0.39, 0.29) is 5.91 Å². The van der Waals surface area contributed by atoms with Gasteiger partial charge in [-0.25, -0.2) is 9.97 Å². The van der Waals surface area contributed by atoms with E-state index in [2.05, 4.69) is 25.2 Å². The zero-order chi connectivity index (χ0) is 17.9. The third-order valence-electron chi connectivity index (χ3n) is 4.77. The van der Waals surface area contributed by atoms with Crippen molar-refractivity contribution in [3.8, 4) is 11.4 Å². The van der Waals surface area contributed by atoms with E-state index in [9.17, 15) is 4.79 Å². The normalized spacial score (nSPS) is 15.3. The Bertz CT molecular complexity index is 929. The van der Waals surface area contributed by atoms with Crippen molar-refractivity contribution in [1.82, 2.24) is 24.4 Å². The molecule has 3 aromatic heterocycles. The Kier molecular flexibility index (Phi) is 4.62. The number of piperidine rings is 1. The molecule has 1 amide bonds. The zero-order valence-electron chi connectivity index (χ0n) is 14.9. The van der Waals surface area contributed by atoms with E-state index in [4.69, 9.17) is 0 Å². The fraction of sp³-hybridized carbons (Fsp3) is 0.368. The number of pyridine rings is 2.